The topological polar surface area (TPSA) is 88.3 Å². The van der Waals surface area contributed by atoms with Crippen molar-refractivity contribution in [2.75, 3.05) is 19.6 Å². The van der Waals surface area contributed by atoms with E-state index >= 15 is 0 Å². The zero-order valence-corrected chi connectivity index (χ0v) is 16.9. The van der Waals surface area contributed by atoms with E-state index in [-0.39, 0.29) is 23.4 Å². The van der Waals surface area contributed by atoms with Crippen molar-refractivity contribution in [3.8, 4) is 11.1 Å². The van der Waals surface area contributed by atoms with Crippen LogP contribution in [0.25, 0.3) is 11.1 Å². The van der Waals surface area contributed by atoms with Crippen molar-refractivity contribution in [3.63, 3.8) is 0 Å². The molecule has 1 saturated heterocycles. The van der Waals surface area contributed by atoms with Gasteiger partial charge in [-0.15, -0.1) is 0 Å². The van der Waals surface area contributed by atoms with E-state index in [2.05, 4.69) is 20.3 Å². The van der Waals surface area contributed by atoms with E-state index in [9.17, 15) is 9.59 Å². The van der Waals surface area contributed by atoms with Crippen LogP contribution >= 0.6 is 0 Å². The van der Waals surface area contributed by atoms with Crippen molar-refractivity contribution in [3.05, 3.63) is 71.5 Å². The molecule has 0 spiro atoms. The fourth-order valence-electron chi connectivity index (χ4n) is 3.78. The van der Waals surface area contributed by atoms with Gasteiger partial charge in [-0.3, -0.25) is 9.59 Å². The Labute approximate surface area is 175 Å². The number of piperidine rings is 1. The molecule has 7 heteroatoms. The van der Waals surface area contributed by atoms with Crippen molar-refractivity contribution in [1.29, 1.82) is 0 Å². The van der Waals surface area contributed by atoms with Crippen LogP contribution in [-0.2, 0) is 0 Å². The highest BCUT2D eigenvalue weighted by molar-refractivity contribution is 5.95. The second-order valence-corrected chi connectivity index (χ2v) is 7.61. The van der Waals surface area contributed by atoms with E-state index in [0.717, 1.165) is 24.0 Å². The summed E-state index contributed by atoms with van der Waals surface area (Å²) in [4.78, 5) is 26.9. The van der Waals surface area contributed by atoms with Crippen LogP contribution in [0.4, 0.5) is 0 Å². The second-order valence-electron chi connectivity index (χ2n) is 7.61. The van der Waals surface area contributed by atoms with Crippen LogP contribution in [-0.4, -0.2) is 46.7 Å². The number of amides is 2. The third-order valence-corrected chi connectivity index (χ3v) is 5.47. The molecule has 1 atom stereocenters. The third kappa shape index (κ3) is 4.40. The second kappa shape index (κ2) is 8.90. The summed E-state index contributed by atoms with van der Waals surface area (Å²) in [6.07, 6.45) is 1.86. The molecular formula is C23H24N4O3. The minimum Gasteiger partial charge on any atom is -0.352 e. The van der Waals surface area contributed by atoms with Gasteiger partial charge in [-0.25, -0.2) is 4.63 Å². The lowest BCUT2D eigenvalue weighted by molar-refractivity contribution is 0.0659. The highest BCUT2D eigenvalue weighted by Crippen LogP contribution is 2.20. The van der Waals surface area contributed by atoms with Crippen molar-refractivity contribution in [2.45, 2.75) is 19.8 Å². The Bertz CT molecular complexity index is 1010. The summed E-state index contributed by atoms with van der Waals surface area (Å²) in [6.45, 7) is 3.49. The Morgan fingerprint density at radius 3 is 2.50 bits per heavy atom. The van der Waals surface area contributed by atoms with Crippen molar-refractivity contribution in [2.24, 2.45) is 5.92 Å². The van der Waals surface area contributed by atoms with Gasteiger partial charge in [0.2, 0.25) is 0 Å². The molecule has 1 aliphatic heterocycles. The Morgan fingerprint density at radius 1 is 1.07 bits per heavy atom. The van der Waals surface area contributed by atoms with Gasteiger partial charge in [0.05, 0.1) is 0 Å². The first kappa shape index (κ1) is 19.8. The van der Waals surface area contributed by atoms with Gasteiger partial charge in [-0.2, -0.15) is 0 Å². The standard InChI is InChI=1S/C23H24N4O3/c1-16-21(26-30-25-16)23(29)27-13-5-6-17(15-27)14-24-22(28)20-11-9-19(10-12-20)18-7-3-2-4-8-18/h2-4,7-12,17H,5-6,13-15H2,1H3,(H,24,28). The Hall–Kier alpha value is -3.48. The molecule has 154 valence electrons. The van der Waals surface area contributed by atoms with Gasteiger partial charge in [0.25, 0.3) is 11.8 Å². The molecule has 1 fully saturated rings. The number of nitrogens with zero attached hydrogens (tertiary/aromatic N) is 3. The van der Waals surface area contributed by atoms with Gasteiger partial charge in [-0.05, 0) is 54.1 Å². The van der Waals surface area contributed by atoms with Crippen LogP contribution < -0.4 is 5.32 Å². The van der Waals surface area contributed by atoms with Crippen LogP contribution in [0.1, 0.15) is 39.4 Å². The number of nitrogens with one attached hydrogen (secondary N) is 1. The van der Waals surface area contributed by atoms with E-state index in [1.807, 2.05) is 54.6 Å². The van der Waals surface area contributed by atoms with Crippen LogP contribution in [0.5, 0.6) is 0 Å². The number of aryl methyl sites for hydroxylation is 1. The van der Waals surface area contributed by atoms with Crippen molar-refractivity contribution >= 4 is 11.8 Å². The fourth-order valence-corrected chi connectivity index (χ4v) is 3.78. The predicted octanol–water partition coefficient (Wildman–Crippen LogP) is 3.33. The van der Waals surface area contributed by atoms with Gasteiger partial charge in [0.15, 0.2) is 5.69 Å². The number of hydrogen-bond donors (Lipinski definition) is 1. The summed E-state index contributed by atoms with van der Waals surface area (Å²) in [5.41, 5.74) is 3.58. The van der Waals surface area contributed by atoms with Crippen molar-refractivity contribution in [1.82, 2.24) is 20.5 Å². The van der Waals surface area contributed by atoms with E-state index < -0.39 is 0 Å². The molecule has 1 aromatic heterocycles. The Balaban J connectivity index is 1.32. The molecule has 0 bridgehead atoms. The summed E-state index contributed by atoms with van der Waals surface area (Å²) in [7, 11) is 0. The van der Waals surface area contributed by atoms with Gasteiger partial charge in [-0.1, -0.05) is 47.6 Å². The Kier molecular flexibility index (Phi) is 5.88. The lowest BCUT2D eigenvalue weighted by Crippen LogP contribution is -2.44. The zero-order chi connectivity index (χ0) is 20.9. The molecule has 1 aliphatic rings. The predicted molar refractivity (Wildman–Crippen MR) is 112 cm³/mol. The van der Waals surface area contributed by atoms with Crippen LogP contribution in [0.15, 0.2) is 59.2 Å². The van der Waals surface area contributed by atoms with Gasteiger partial charge in [0, 0.05) is 25.2 Å². The lowest BCUT2D eigenvalue weighted by Gasteiger charge is -2.32. The number of carbonyl (C=O) groups is 2. The maximum absolute atomic E-state index is 12.6. The van der Waals surface area contributed by atoms with E-state index in [4.69, 9.17) is 0 Å². The highest BCUT2D eigenvalue weighted by atomic mass is 16.6. The molecule has 0 radical (unpaired) electrons. The van der Waals surface area contributed by atoms with Crippen LogP contribution in [0.2, 0.25) is 0 Å². The SMILES string of the molecule is Cc1nonc1C(=O)N1CCCC(CNC(=O)c2ccc(-c3ccccc3)cc2)C1. The first-order chi connectivity index (χ1) is 14.6. The van der Waals surface area contributed by atoms with E-state index in [1.165, 1.54) is 0 Å². The monoisotopic (exact) mass is 404 g/mol. The average Bonchev–Trinajstić information content (AvgIpc) is 3.23. The highest BCUT2D eigenvalue weighted by Gasteiger charge is 2.28. The summed E-state index contributed by atoms with van der Waals surface area (Å²) in [5.74, 6) is -0.0636. The van der Waals surface area contributed by atoms with Crippen molar-refractivity contribution < 1.29 is 14.2 Å². The zero-order valence-electron chi connectivity index (χ0n) is 16.9. The van der Waals surface area contributed by atoms with Gasteiger partial charge in [0.1, 0.15) is 5.69 Å². The molecule has 30 heavy (non-hydrogen) atoms. The smallest absolute Gasteiger partial charge is 0.278 e. The van der Waals surface area contributed by atoms with E-state index in [0.29, 0.717) is 30.9 Å². The largest absolute Gasteiger partial charge is 0.352 e. The maximum atomic E-state index is 12.6. The fraction of sp³-hybridized carbons (Fsp3) is 0.304. The molecule has 2 amide bonds. The molecule has 4 rings (SSSR count). The molecule has 2 aromatic carbocycles. The number of aromatic nitrogens is 2. The lowest BCUT2D eigenvalue weighted by atomic mass is 9.97. The number of benzene rings is 2. The van der Waals surface area contributed by atoms with Crippen LogP contribution in [0, 0.1) is 12.8 Å². The summed E-state index contributed by atoms with van der Waals surface area (Å²) in [5, 5.41) is 10.4. The summed E-state index contributed by atoms with van der Waals surface area (Å²) < 4.78 is 4.64. The number of hydrogen-bond acceptors (Lipinski definition) is 5. The summed E-state index contributed by atoms with van der Waals surface area (Å²) >= 11 is 0. The van der Waals surface area contributed by atoms with Gasteiger partial charge >= 0.3 is 0 Å². The molecule has 1 unspecified atom stereocenters. The number of carbonyl (C=O) groups excluding carboxylic acids is 2. The molecule has 1 N–H and O–H groups in total. The first-order valence-electron chi connectivity index (χ1n) is 10.1. The molecule has 0 saturated carbocycles. The quantitative estimate of drug-likeness (QED) is 0.705. The number of likely N-dealkylation sites (tertiary alicyclic amines) is 1. The molecular weight excluding hydrogens is 380 g/mol. The molecule has 7 nitrogen and oxygen atoms in total. The van der Waals surface area contributed by atoms with Gasteiger partial charge < -0.3 is 10.2 Å². The normalized spacial score (nSPS) is 16.3. The first-order valence-corrected chi connectivity index (χ1v) is 10.1. The Morgan fingerprint density at radius 2 is 1.80 bits per heavy atom. The minimum atomic E-state index is -0.165. The minimum absolute atomic E-state index is 0.102. The summed E-state index contributed by atoms with van der Waals surface area (Å²) in [6, 6.07) is 17.7. The maximum Gasteiger partial charge on any atom is 0.278 e. The average molecular weight is 404 g/mol. The van der Waals surface area contributed by atoms with Crippen LogP contribution in [0.3, 0.4) is 0 Å². The molecule has 3 aromatic rings. The number of rotatable bonds is 5. The molecule has 0 aliphatic carbocycles. The molecule has 2 heterocycles. The third-order valence-electron chi connectivity index (χ3n) is 5.47. The van der Waals surface area contributed by atoms with E-state index in [1.54, 1.807) is 11.8 Å².